The second kappa shape index (κ2) is 5.46. The summed E-state index contributed by atoms with van der Waals surface area (Å²) in [5.74, 6) is -1.10. The van der Waals surface area contributed by atoms with Gasteiger partial charge in [0.2, 0.25) is 0 Å². The molecule has 0 amide bonds. The van der Waals surface area contributed by atoms with E-state index in [2.05, 4.69) is 4.74 Å². The SMILES string of the molecule is CC(=O)OCC(O)C1=COC=CC1C(C)=O. The standard InChI is InChI=1S/C11H14O5/c1-7(12)9-3-4-15-5-10(9)11(14)6-16-8(2)13/h3-5,9,11,14H,6H2,1-2H3. The van der Waals surface area contributed by atoms with Crippen LogP contribution >= 0.6 is 0 Å². The molecule has 0 aromatic carbocycles. The van der Waals surface area contributed by atoms with Gasteiger partial charge in [-0.05, 0) is 13.0 Å². The highest BCUT2D eigenvalue weighted by Crippen LogP contribution is 2.22. The molecule has 0 aromatic rings. The predicted octanol–water partition coefficient (Wildman–Crippen LogP) is 0.543. The Morgan fingerprint density at radius 1 is 1.56 bits per heavy atom. The Hall–Kier alpha value is -1.62. The summed E-state index contributed by atoms with van der Waals surface area (Å²) in [5, 5.41) is 9.73. The Morgan fingerprint density at radius 2 is 2.25 bits per heavy atom. The van der Waals surface area contributed by atoms with Crippen molar-refractivity contribution in [1.82, 2.24) is 0 Å². The van der Waals surface area contributed by atoms with Gasteiger partial charge in [-0.1, -0.05) is 0 Å². The summed E-state index contributed by atoms with van der Waals surface area (Å²) < 4.78 is 9.56. The van der Waals surface area contributed by atoms with E-state index in [1.54, 1.807) is 6.08 Å². The van der Waals surface area contributed by atoms with Gasteiger partial charge in [0, 0.05) is 12.5 Å². The summed E-state index contributed by atoms with van der Waals surface area (Å²) >= 11 is 0. The Morgan fingerprint density at radius 3 is 2.81 bits per heavy atom. The fourth-order valence-corrected chi connectivity index (χ4v) is 1.37. The van der Waals surface area contributed by atoms with Crippen molar-refractivity contribution < 1.29 is 24.2 Å². The summed E-state index contributed by atoms with van der Waals surface area (Å²) in [7, 11) is 0. The number of ether oxygens (including phenoxy) is 2. The van der Waals surface area contributed by atoms with Crippen molar-refractivity contribution in [2.75, 3.05) is 6.61 Å². The largest absolute Gasteiger partial charge is 0.473 e. The van der Waals surface area contributed by atoms with Crippen molar-refractivity contribution in [3.63, 3.8) is 0 Å². The average molecular weight is 226 g/mol. The molecule has 0 aliphatic carbocycles. The van der Waals surface area contributed by atoms with E-state index in [-0.39, 0.29) is 12.4 Å². The third-order valence-electron chi connectivity index (χ3n) is 2.18. The molecule has 0 radical (unpaired) electrons. The maximum Gasteiger partial charge on any atom is 0.302 e. The van der Waals surface area contributed by atoms with Crippen LogP contribution in [0, 0.1) is 5.92 Å². The van der Waals surface area contributed by atoms with E-state index in [4.69, 9.17) is 4.74 Å². The minimum absolute atomic E-state index is 0.104. The zero-order chi connectivity index (χ0) is 12.1. The third-order valence-corrected chi connectivity index (χ3v) is 2.18. The highest BCUT2D eigenvalue weighted by atomic mass is 16.5. The summed E-state index contributed by atoms with van der Waals surface area (Å²) in [4.78, 5) is 21.9. The van der Waals surface area contributed by atoms with Crippen LogP contribution in [0.15, 0.2) is 24.2 Å². The average Bonchev–Trinajstić information content (AvgIpc) is 2.25. The van der Waals surface area contributed by atoms with Gasteiger partial charge >= 0.3 is 5.97 Å². The molecular formula is C11H14O5. The molecule has 88 valence electrons. The highest BCUT2D eigenvalue weighted by Gasteiger charge is 2.26. The Labute approximate surface area is 93.3 Å². The van der Waals surface area contributed by atoms with Crippen LogP contribution in [0.4, 0.5) is 0 Å². The molecule has 5 heteroatoms. The van der Waals surface area contributed by atoms with Crippen molar-refractivity contribution in [2.24, 2.45) is 5.92 Å². The van der Waals surface area contributed by atoms with E-state index < -0.39 is 18.0 Å². The number of allylic oxidation sites excluding steroid dienone is 1. The summed E-state index contributed by atoms with van der Waals surface area (Å²) in [6, 6.07) is 0. The van der Waals surface area contributed by atoms with Crippen LogP contribution in [0.5, 0.6) is 0 Å². The van der Waals surface area contributed by atoms with Crippen molar-refractivity contribution in [3.8, 4) is 0 Å². The van der Waals surface area contributed by atoms with Gasteiger partial charge in [-0.15, -0.1) is 0 Å². The number of ketones is 1. The van der Waals surface area contributed by atoms with Crippen molar-refractivity contribution in [1.29, 1.82) is 0 Å². The Bertz CT molecular complexity index is 342. The monoisotopic (exact) mass is 226 g/mol. The van der Waals surface area contributed by atoms with Gasteiger partial charge in [0.05, 0.1) is 18.4 Å². The van der Waals surface area contributed by atoms with Gasteiger partial charge in [0.15, 0.2) is 0 Å². The number of carbonyl (C=O) groups excluding carboxylic acids is 2. The lowest BCUT2D eigenvalue weighted by Crippen LogP contribution is -2.28. The number of hydrogen-bond acceptors (Lipinski definition) is 5. The highest BCUT2D eigenvalue weighted by molar-refractivity contribution is 5.83. The first-order valence-electron chi connectivity index (χ1n) is 4.86. The smallest absolute Gasteiger partial charge is 0.302 e. The lowest BCUT2D eigenvalue weighted by Gasteiger charge is -2.21. The molecule has 16 heavy (non-hydrogen) atoms. The van der Waals surface area contributed by atoms with Gasteiger partial charge in [-0.3, -0.25) is 9.59 Å². The molecule has 0 fully saturated rings. The molecular weight excluding hydrogens is 212 g/mol. The molecule has 0 spiro atoms. The van der Waals surface area contributed by atoms with Crippen LogP contribution in [-0.2, 0) is 19.1 Å². The molecule has 0 saturated carbocycles. The molecule has 1 N–H and O–H groups in total. The Balaban J connectivity index is 2.66. The third kappa shape index (κ3) is 3.20. The van der Waals surface area contributed by atoms with Gasteiger partial charge in [0.1, 0.15) is 18.5 Å². The lowest BCUT2D eigenvalue weighted by atomic mass is 9.91. The fraction of sp³-hybridized carbons (Fsp3) is 0.455. The maximum atomic E-state index is 11.3. The van der Waals surface area contributed by atoms with E-state index in [0.29, 0.717) is 5.57 Å². The van der Waals surface area contributed by atoms with Crippen LogP contribution < -0.4 is 0 Å². The minimum atomic E-state index is -1.03. The number of rotatable bonds is 4. The van der Waals surface area contributed by atoms with Crippen LogP contribution in [0.2, 0.25) is 0 Å². The minimum Gasteiger partial charge on any atom is -0.473 e. The molecule has 0 aromatic heterocycles. The van der Waals surface area contributed by atoms with Crippen LogP contribution in [-0.4, -0.2) is 29.6 Å². The van der Waals surface area contributed by atoms with Gasteiger partial charge in [-0.25, -0.2) is 0 Å². The normalized spacial score (nSPS) is 20.7. The topological polar surface area (TPSA) is 72.8 Å². The summed E-state index contributed by atoms with van der Waals surface area (Å²) in [6.07, 6.45) is 3.21. The molecule has 2 unspecified atom stereocenters. The predicted molar refractivity (Wildman–Crippen MR) is 55.1 cm³/mol. The molecule has 2 atom stereocenters. The van der Waals surface area contributed by atoms with E-state index in [0.717, 1.165) is 0 Å². The number of carbonyl (C=O) groups is 2. The van der Waals surface area contributed by atoms with Gasteiger partial charge < -0.3 is 14.6 Å². The van der Waals surface area contributed by atoms with Crippen LogP contribution in [0.25, 0.3) is 0 Å². The molecule has 1 rings (SSSR count). The molecule has 1 aliphatic heterocycles. The number of aliphatic hydroxyl groups is 1. The molecule has 1 heterocycles. The second-order valence-electron chi connectivity index (χ2n) is 3.49. The quantitative estimate of drug-likeness (QED) is 0.708. The summed E-state index contributed by atoms with van der Waals surface area (Å²) in [6.45, 7) is 2.50. The molecule has 0 saturated heterocycles. The number of aliphatic hydroxyl groups excluding tert-OH is 1. The van der Waals surface area contributed by atoms with E-state index in [9.17, 15) is 14.7 Å². The zero-order valence-corrected chi connectivity index (χ0v) is 9.17. The molecule has 0 bridgehead atoms. The first kappa shape index (κ1) is 12.4. The van der Waals surface area contributed by atoms with Crippen molar-refractivity contribution in [3.05, 3.63) is 24.2 Å². The van der Waals surface area contributed by atoms with Crippen molar-refractivity contribution >= 4 is 11.8 Å². The molecule has 5 nitrogen and oxygen atoms in total. The van der Waals surface area contributed by atoms with Gasteiger partial charge in [-0.2, -0.15) is 0 Å². The first-order chi connectivity index (χ1) is 7.52. The number of hydrogen-bond donors (Lipinski definition) is 1. The van der Waals surface area contributed by atoms with E-state index in [1.165, 1.54) is 26.4 Å². The van der Waals surface area contributed by atoms with Crippen LogP contribution in [0.3, 0.4) is 0 Å². The number of esters is 1. The first-order valence-corrected chi connectivity index (χ1v) is 4.86. The maximum absolute atomic E-state index is 11.3. The summed E-state index contributed by atoms with van der Waals surface area (Å²) in [5.41, 5.74) is 0.399. The number of Topliss-reactive ketones (excluding diaryl/α,β-unsaturated/α-hetero) is 1. The fourth-order valence-electron chi connectivity index (χ4n) is 1.37. The van der Waals surface area contributed by atoms with E-state index >= 15 is 0 Å². The molecule has 1 aliphatic rings. The van der Waals surface area contributed by atoms with Crippen molar-refractivity contribution in [2.45, 2.75) is 20.0 Å². The lowest BCUT2D eigenvalue weighted by molar-refractivity contribution is -0.143. The van der Waals surface area contributed by atoms with Gasteiger partial charge in [0.25, 0.3) is 0 Å². The Kier molecular flexibility index (Phi) is 4.25. The van der Waals surface area contributed by atoms with E-state index in [1.807, 2.05) is 0 Å². The zero-order valence-electron chi connectivity index (χ0n) is 9.17. The van der Waals surface area contributed by atoms with Crippen LogP contribution in [0.1, 0.15) is 13.8 Å². The second-order valence-corrected chi connectivity index (χ2v) is 3.49.